The number of anilines is 1. The Morgan fingerprint density at radius 2 is 1.71 bits per heavy atom. The van der Waals surface area contributed by atoms with Crippen LogP contribution in [-0.2, 0) is 11.3 Å². The van der Waals surface area contributed by atoms with Gasteiger partial charge in [-0.15, -0.1) is 0 Å². The molecule has 1 aromatic heterocycles. The van der Waals surface area contributed by atoms with Crippen LogP contribution in [0.15, 0.2) is 77.7 Å². The predicted molar refractivity (Wildman–Crippen MR) is 129 cm³/mol. The molecule has 0 aliphatic heterocycles. The van der Waals surface area contributed by atoms with Crippen molar-refractivity contribution in [3.63, 3.8) is 0 Å². The van der Waals surface area contributed by atoms with Crippen LogP contribution in [-0.4, -0.2) is 22.9 Å². The van der Waals surface area contributed by atoms with Gasteiger partial charge in [-0.3, -0.25) is 14.4 Å². The zero-order valence-electron chi connectivity index (χ0n) is 18.8. The van der Waals surface area contributed by atoms with Crippen LogP contribution in [0.4, 0.5) is 10.1 Å². The van der Waals surface area contributed by atoms with E-state index in [0.29, 0.717) is 23.6 Å². The molecule has 6 nitrogen and oxygen atoms in total. The van der Waals surface area contributed by atoms with Crippen molar-refractivity contribution >= 4 is 28.3 Å². The van der Waals surface area contributed by atoms with E-state index in [4.69, 9.17) is 4.74 Å². The second-order valence-corrected chi connectivity index (χ2v) is 7.86. The van der Waals surface area contributed by atoms with E-state index >= 15 is 0 Å². The molecule has 34 heavy (non-hydrogen) atoms. The van der Waals surface area contributed by atoms with E-state index in [1.165, 1.54) is 18.3 Å². The SMILES string of the molecule is CCOc1ccc2c(c1)c(=O)c(C(=O)c1ccc(F)cc1)cn2CC(=O)Nc1ccc(C)cc1. The van der Waals surface area contributed by atoms with E-state index < -0.39 is 17.0 Å². The van der Waals surface area contributed by atoms with Crippen LogP contribution in [0.25, 0.3) is 10.9 Å². The molecule has 0 saturated carbocycles. The van der Waals surface area contributed by atoms with Crippen molar-refractivity contribution in [3.8, 4) is 5.75 Å². The molecule has 3 aromatic carbocycles. The first kappa shape index (κ1) is 22.9. The number of hydrogen-bond acceptors (Lipinski definition) is 4. The molecular formula is C27H23FN2O4. The van der Waals surface area contributed by atoms with Crippen LogP contribution in [0.1, 0.15) is 28.4 Å². The van der Waals surface area contributed by atoms with Crippen molar-refractivity contribution in [2.24, 2.45) is 0 Å². The fraction of sp³-hybridized carbons (Fsp3) is 0.148. The number of aryl methyl sites for hydroxylation is 1. The molecule has 1 N–H and O–H groups in total. The maximum atomic E-state index is 13.3. The number of hydrogen-bond donors (Lipinski definition) is 1. The number of nitrogens with zero attached hydrogens (tertiary/aromatic N) is 1. The van der Waals surface area contributed by atoms with Gasteiger partial charge in [0, 0.05) is 17.4 Å². The normalized spacial score (nSPS) is 10.8. The number of fused-ring (bicyclic) bond motifs is 1. The van der Waals surface area contributed by atoms with Gasteiger partial charge < -0.3 is 14.6 Å². The minimum absolute atomic E-state index is 0.115. The number of ether oxygens (including phenoxy) is 1. The van der Waals surface area contributed by atoms with Crippen LogP contribution < -0.4 is 15.5 Å². The Hall–Kier alpha value is -4.26. The number of ketones is 1. The summed E-state index contributed by atoms with van der Waals surface area (Å²) in [4.78, 5) is 39.2. The molecule has 1 heterocycles. The maximum absolute atomic E-state index is 13.3. The van der Waals surface area contributed by atoms with Crippen molar-refractivity contribution < 1.29 is 18.7 Å². The number of benzene rings is 3. The summed E-state index contributed by atoms with van der Waals surface area (Å²) in [6.07, 6.45) is 1.38. The van der Waals surface area contributed by atoms with E-state index in [0.717, 1.165) is 17.7 Å². The zero-order valence-corrected chi connectivity index (χ0v) is 18.8. The third-order valence-corrected chi connectivity index (χ3v) is 5.36. The molecule has 1 amide bonds. The Labute approximate surface area is 195 Å². The van der Waals surface area contributed by atoms with Crippen LogP contribution in [0.2, 0.25) is 0 Å². The van der Waals surface area contributed by atoms with Crippen molar-refractivity contribution in [2.45, 2.75) is 20.4 Å². The molecule has 0 bridgehead atoms. The summed E-state index contributed by atoms with van der Waals surface area (Å²) in [6.45, 7) is 4.07. The molecule has 0 atom stereocenters. The molecule has 0 aliphatic rings. The molecule has 4 rings (SSSR count). The molecule has 172 valence electrons. The fourth-order valence-corrected chi connectivity index (χ4v) is 3.67. The van der Waals surface area contributed by atoms with Crippen molar-refractivity contribution in [1.82, 2.24) is 4.57 Å². The molecular weight excluding hydrogens is 435 g/mol. The van der Waals surface area contributed by atoms with Crippen LogP contribution in [0, 0.1) is 12.7 Å². The highest BCUT2D eigenvalue weighted by atomic mass is 19.1. The number of rotatable bonds is 7. The minimum atomic E-state index is -0.554. The summed E-state index contributed by atoms with van der Waals surface area (Å²) in [5, 5.41) is 3.08. The van der Waals surface area contributed by atoms with E-state index in [1.54, 1.807) is 34.9 Å². The second kappa shape index (κ2) is 9.70. The van der Waals surface area contributed by atoms with Gasteiger partial charge in [-0.25, -0.2) is 4.39 Å². The highest BCUT2D eigenvalue weighted by Crippen LogP contribution is 2.21. The topological polar surface area (TPSA) is 77.4 Å². The van der Waals surface area contributed by atoms with Crippen LogP contribution >= 0.6 is 0 Å². The molecule has 7 heteroatoms. The summed E-state index contributed by atoms with van der Waals surface area (Å²) in [7, 11) is 0. The van der Waals surface area contributed by atoms with E-state index in [9.17, 15) is 18.8 Å². The number of nitrogens with one attached hydrogen (secondary N) is 1. The third-order valence-electron chi connectivity index (χ3n) is 5.36. The number of carbonyl (C=O) groups is 2. The molecule has 0 aliphatic carbocycles. The average Bonchev–Trinajstić information content (AvgIpc) is 2.82. The minimum Gasteiger partial charge on any atom is -0.494 e. The molecule has 0 saturated heterocycles. The lowest BCUT2D eigenvalue weighted by Crippen LogP contribution is -2.24. The summed E-state index contributed by atoms with van der Waals surface area (Å²) >= 11 is 0. The number of pyridine rings is 1. The molecule has 4 aromatic rings. The van der Waals surface area contributed by atoms with Crippen LogP contribution in [0.3, 0.4) is 0 Å². The number of amides is 1. The Morgan fingerprint density at radius 1 is 1.00 bits per heavy atom. The van der Waals surface area contributed by atoms with Crippen molar-refractivity contribution in [1.29, 1.82) is 0 Å². The van der Waals surface area contributed by atoms with Gasteiger partial charge in [-0.05, 0) is 68.4 Å². The number of halogens is 1. The Balaban J connectivity index is 1.77. The number of carbonyl (C=O) groups excluding carboxylic acids is 2. The quantitative estimate of drug-likeness (QED) is 0.407. The number of aromatic nitrogens is 1. The van der Waals surface area contributed by atoms with Crippen molar-refractivity contribution in [3.05, 3.63) is 106 Å². The zero-order chi connectivity index (χ0) is 24.2. The van der Waals surface area contributed by atoms with Gasteiger partial charge in [0.15, 0.2) is 5.78 Å². The Bertz CT molecular complexity index is 1420. The lowest BCUT2D eigenvalue weighted by molar-refractivity contribution is -0.116. The average molecular weight is 458 g/mol. The van der Waals surface area contributed by atoms with E-state index in [1.807, 2.05) is 26.0 Å². The van der Waals surface area contributed by atoms with Gasteiger partial charge in [0.1, 0.15) is 18.1 Å². The fourth-order valence-electron chi connectivity index (χ4n) is 3.67. The monoisotopic (exact) mass is 458 g/mol. The predicted octanol–water partition coefficient (Wildman–Crippen LogP) is 4.72. The lowest BCUT2D eigenvalue weighted by Gasteiger charge is -2.14. The summed E-state index contributed by atoms with van der Waals surface area (Å²) < 4.78 is 20.4. The summed E-state index contributed by atoms with van der Waals surface area (Å²) in [5.74, 6) is -0.875. The first-order valence-electron chi connectivity index (χ1n) is 10.8. The summed E-state index contributed by atoms with van der Waals surface area (Å²) in [5.41, 5.74) is 1.77. The second-order valence-electron chi connectivity index (χ2n) is 7.86. The van der Waals surface area contributed by atoms with Gasteiger partial charge in [-0.2, -0.15) is 0 Å². The van der Waals surface area contributed by atoms with E-state index in [-0.39, 0.29) is 29.0 Å². The molecule has 0 radical (unpaired) electrons. The van der Waals surface area contributed by atoms with Gasteiger partial charge >= 0.3 is 0 Å². The van der Waals surface area contributed by atoms with Gasteiger partial charge in [-0.1, -0.05) is 17.7 Å². The lowest BCUT2D eigenvalue weighted by atomic mass is 10.0. The Kier molecular flexibility index (Phi) is 6.54. The molecule has 0 fully saturated rings. The van der Waals surface area contributed by atoms with Gasteiger partial charge in [0.2, 0.25) is 11.3 Å². The highest BCUT2D eigenvalue weighted by molar-refractivity contribution is 6.10. The van der Waals surface area contributed by atoms with E-state index in [2.05, 4.69) is 5.32 Å². The standard InChI is InChI=1S/C27H23FN2O4/c1-3-34-21-12-13-24-22(14-21)27(33)23(26(32)18-6-8-19(28)9-7-18)15-30(24)16-25(31)29-20-10-4-17(2)5-11-20/h4-15H,3,16H2,1-2H3,(H,29,31). The van der Waals surface area contributed by atoms with Gasteiger partial charge in [0.05, 0.1) is 23.1 Å². The van der Waals surface area contributed by atoms with Crippen LogP contribution in [0.5, 0.6) is 5.75 Å². The first-order valence-corrected chi connectivity index (χ1v) is 10.8. The maximum Gasteiger partial charge on any atom is 0.244 e. The molecule has 0 unspecified atom stereocenters. The smallest absolute Gasteiger partial charge is 0.244 e. The highest BCUT2D eigenvalue weighted by Gasteiger charge is 2.19. The third kappa shape index (κ3) is 4.88. The van der Waals surface area contributed by atoms with Crippen molar-refractivity contribution in [2.75, 3.05) is 11.9 Å². The largest absolute Gasteiger partial charge is 0.494 e. The van der Waals surface area contributed by atoms with Gasteiger partial charge in [0.25, 0.3) is 0 Å². The molecule has 0 spiro atoms. The Morgan fingerprint density at radius 3 is 2.38 bits per heavy atom. The summed E-state index contributed by atoms with van der Waals surface area (Å²) in [6, 6.07) is 17.3. The first-order chi connectivity index (χ1) is 16.4.